The zero-order valence-corrected chi connectivity index (χ0v) is 15.5. The highest BCUT2D eigenvalue weighted by molar-refractivity contribution is 5.66. The molecule has 7 nitrogen and oxygen atoms in total. The summed E-state index contributed by atoms with van der Waals surface area (Å²) in [6.07, 6.45) is 2.94. The van der Waals surface area contributed by atoms with Crippen LogP contribution in [0.1, 0.15) is 12.0 Å². The second-order valence-corrected chi connectivity index (χ2v) is 6.17. The van der Waals surface area contributed by atoms with Crippen LogP contribution in [-0.4, -0.2) is 56.5 Å². The van der Waals surface area contributed by atoms with Crippen LogP contribution in [0.4, 0.5) is 0 Å². The second kappa shape index (κ2) is 9.56. The lowest BCUT2D eigenvalue weighted by Crippen LogP contribution is -2.20. The maximum atomic E-state index is 5.80. The summed E-state index contributed by atoms with van der Waals surface area (Å²) < 4.78 is 23.8. The second-order valence-electron chi connectivity index (χ2n) is 6.17. The van der Waals surface area contributed by atoms with E-state index in [1.165, 1.54) is 0 Å². The van der Waals surface area contributed by atoms with Crippen LogP contribution in [0.15, 0.2) is 24.4 Å². The van der Waals surface area contributed by atoms with Gasteiger partial charge >= 0.3 is 0 Å². The number of rotatable bonds is 9. The number of nitrogens with one attached hydrogen (secondary N) is 1. The van der Waals surface area contributed by atoms with Crippen LogP contribution < -0.4 is 14.8 Å². The molecule has 0 saturated heterocycles. The average Bonchev–Trinajstić information content (AvgIpc) is 2.87. The Morgan fingerprint density at radius 3 is 2.85 bits per heavy atom. The van der Waals surface area contributed by atoms with Gasteiger partial charge in [0.25, 0.3) is 0 Å². The van der Waals surface area contributed by atoms with Crippen molar-refractivity contribution in [1.82, 2.24) is 15.1 Å². The minimum absolute atomic E-state index is 0.619. The molecule has 2 aromatic rings. The molecule has 3 rings (SSSR count). The summed E-state index contributed by atoms with van der Waals surface area (Å²) in [4.78, 5) is 0. The monoisotopic (exact) mass is 361 g/mol. The van der Waals surface area contributed by atoms with Crippen LogP contribution in [0.25, 0.3) is 11.3 Å². The van der Waals surface area contributed by atoms with Gasteiger partial charge in [0.15, 0.2) is 11.5 Å². The summed E-state index contributed by atoms with van der Waals surface area (Å²) in [6.45, 7) is 4.77. The number of benzene rings is 1. The van der Waals surface area contributed by atoms with Crippen LogP contribution in [0.3, 0.4) is 0 Å². The van der Waals surface area contributed by atoms with Gasteiger partial charge in [0.05, 0.1) is 38.7 Å². The molecule has 1 aliphatic heterocycles. The van der Waals surface area contributed by atoms with Gasteiger partial charge in [-0.3, -0.25) is 4.68 Å². The zero-order chi connectivity index (χ0) is 18.2. The predicted molar refractivity (Wildman–Crippen MR) is 98.7 cm³/mol. The first kappa shape index (κ1) is 18.7. The van der Waals surface area contributed by atoms with E-state index in [0.717, 1.165) is 47.8 Å². The molecular weight excluding hydrogens is 334 g/mol. The Balaban J connectivity index is 1.63. The van der Waals surface area contributed by atoms with Crippen molar-refractivity contribution >= 4 is 0 Å². The van der Waals surface area contributed by atoms with Gasteiger partial charge in [-0.1, -0.05) is 0 Å². The third kappa shape index (κ3) is 4.97. The van der Waals surface area contributed by atoms with Crippen molar-refractivity contribution in [2.75, 3.05) is 46.7 Å². The molecule has 1 aromatic heterocycles. The molecule has 26 heavy (non-hydrogen) atoms. The number of aryl methyl sites for hydroxylation is 1. The first-order chi connectivity index (χ1) is 12.8. The van der Waals surface area contributed by atoms with Crippen molar-refractivity contribution in [3.63, 3.8) is 0 Å². The predicted octanol–water partition coefficient (Wildman–Crippen LogP) is 2.00. The Labute approximate surface area is 154 Å². The molecule has 1 aliphatic rings. The maximum Gasteiger partial charge on any atom is 0.161 e. The molecule has 1 aromatic carbocycles. The SMILES string of the molecule is COCCOCCNCc1cn(C)nc1-c1ccc2c(c1)OCCCO2. The first-order valence-corrected chi connectivity index (χ1v) is 8.98. The molecule has 0 unspecified atom stereocenters. The van der Waals surface area contributed by atoms with Gasteiger partial charge in [-0.15, -0.1) is 0 Å². The van der Waals surface area contributed by atoms with Gasteiger partial charge in [0.1, 0.15) is 0 Å². The van der Waals surface area contributed by atoms with E-state index in [-0.39, 0.29) is 0 Å². The van der Waals surface area contributed by atoms with Crippen molar-refractivity contribution < 1.29 is 18.9 Å². The highest BCUT2D eigenvalue weighted by Crippen LogP contribution is 2.34. The minimum atomic E-state index is 0.619. The van der Waals surface area contributed by atoms with E-state index in [9.17, 15) is 0 Å². The highest BCUT2D eigenvalue weighted by atomic mass is 16.5. The summed E-state index contributed by atoms with van der Waals surface area (Å²) in [5.74, 6) is 1.59. The largest absolute Gasteiger partial charge is 0.490 e. The number of methoxy groups -OCH3 is 1. The fourth-order valence-corrected chi connectivity index (χ4v) is 2.83. The van der Waals surface area contributed by atoms with Gasteiger partial charge in [0.2, 0.25) is 0 Å². The normalized spacial score (nSPS) is 13.6. The zero-order valence-electron chi connectivity index (χ0n) is 15.5. The number of nitrogens with zero attached hydrogens (tertiary/aromatic N) is 2. The molecule has 0 aliphatic carbocycles. The Kier molecular flexibility index (Phi) is 6.88. The van der Waals surface area contributed by atoms with Gasteiger partial charge in [-0.25, -0.2) is 0 Å². The number of ether oxygens (including phenoxy) is 4. The van der Waals surface area contributed by atoms with E-state index in [2.05, 4.69) is 10.4 Å². The minimum Gasteiger partial charge on any atom is -0.490 e. The standard InChI is InChI=1S/C19H27N3O4/c1-22-14-16(13-20-6-9-24-11-10-23-2)19(21-22)15-4-5-17-18(12-15)26-8-3-7-25-17/h4-5,12,14,20H,3,6-11,13H2,1-2H3. The van der Waals surface area contributed by atoms with E-state index >= 15 is 0 Å². The Morgan fingerprint density at radius 1 is 1.15 bits per heavy atom. The van der Waals surface area contributed by atoms with Crippen LogP contribution in [0, 0.1) is 0 Å². The molecule has 7 heteroatoms. The van der Waals surface area contributed by atoms with Crippen molar-refractivity contribution in [3.8, 4) is 22.8 Å². The molecule has 2 heterocycles. The quantitative estimate of drug-likeness (QED) is 0.689. The van der Waals surface area contributed by atoms with E-state index in [0.29, 0.717) is 33.0 Å². The molecule has 0 bridgehead atoms. The van der Waals surface area contributed by atoms with Gasteiger partial charge in [-0.05, 0) is 18.2 Å². The summed E-state index contributed by atoms with van der Waals surface area (Å²) in [5.41, 5.74) is 3.12. The van der Waals surface area contributed by atoms with Crippen LogP contribution in [-0.2, 0) is 23.1 Å². The lowest BCUT2D eigenvalue weighted by molar-refractivity contribution is 0.0719. The Morgan fingerprint density at radius 2 is 2.00 bits per heavy atom. The third-order valence-electron chi connectivity index (χ3n) is 4.10. The Hall–Kier alpha value is -2.09. The number of hydrogen-bond acceptors (Lipinski definition) is 6. The molecule has 0 spiro atoms. The van der Waals surface area contributed by atoms with E-state index in [4.69, 9.17) is 18.9 Å². The summed E-state index contributed by atoms with van der Waals surface area (Å²) in [5, 5.41) is 8.02. The van der Waals surface area contributed by atoms with Gasteiger partial charge in [0, 0.05) is 51.0 Å². The van der Waals surface area contributed by atoms with Crippen molar-refractivity contribution in [2.24, 2.45) is 7.05 Å². The van der Waals surface area contributed by atoms with Crippen LogP contribution in [0.2, 0.25) is 0 Å². The molecule has 0 atom stereocenters. The summed E-state index contributed by atoms with van der Waals surface area (Å²) in [7, 11) is 3.61. The number of aromatic nitrogens is 2. The molecule has 0 saturated carbocycles. The molecular formula is C19H27N3O4. The number of hydrogen-bond donors (Lipinski definition) is 1. The Bertz CT molecular complexity index is 702. The van der Waals surface area contributed by atoms with Crippen LogP contribution >= 0.6 is 0 Å². The number of fused-ring (bicyclic) bond motifs is 1. The average molecular weight is 361 g/mol. The molecule has 0 radical (unpaired) electrons. The lowest BCUT2D eigenvalue weighted by atomic mass is 10.1. The fourth-order valence-electron chi connectivity index (χ4n) is 2.83. The highest BCUT2D eigenvalue weighted by Gasteiger charge is 2.15. The van der Waals surface area contributed by atoms with Crippen molar-refractivity contribution in [3.05, 3.63) is 30.0 Å². The van der Waals surface area contributed by atoms with Crippen molar-refractivity contribution in [2.45, 2.75) is 13.0 Å². The lowest BCUT2D eigenvalue weighted by Gasteiger charge is -2.10. The molecule has 1 N–H and O–H groups in total. The van der Waals surface area contributed by atoms with E-state index in [1.54, 1.807) is 7.11 Å². The van der Waals surface area contributed by atoms with Crippen molar-refractivity contribution in [1.29, 1.82) is 0 Å². The molecule has 142 valence electrons. The van der Waals surface area contributed by atoms with Gasteiger partial charge in [-0.2, -0.15) is 5.10 Å². The molecule has 0 fully saturated rings. The van der Waals surface area contributed by atoms with E-state index in [1.807, 2.05) is 36.1 Å². The summed E-state index contributed by atoms with van der Waals surface area (Å²) in [6, 6.07) is 6.01. The molecule has 0 amide bonds. The van der Waals surface area contributed by atoms with Crippen LogP contribution in [0.5, 0.6) is 11.5 Å². The third-order valence-corrected chi connectivity index (χ3v) is 4.10. The summed E-state index contributed by atoms with van der Waals surface area (Å²) >= 11 is 0. The topological polar surface area (TPSA) is 66.8 Å². The smallest absolute Gasteiger partial charge is 0.161 e. The first-order valence-electron chi connectivity index (χ1n) is 8.98. The fraction of sp³-hybridized carbons (Fsp3) is 0.526. The van der Waals surface area contributed by atoms with E-state index < -0.39 is 0 Å². The maximum absolute atomic E-state index is 5.80. The van der Waals surface area contributed by atoms with Gasteiger partial charge < -0.3 is 24.3 Å².